The fourth-order valence-electron chi connectivity index (χ4n) is 1.17. The van der Waals surface area contributed by atoms with Crippen LogP contribution < -0.4 is 10.6 Å². The highest BCUT2D eigenvalue weighted by Crippen LogP contribution is 2.04. The number of anilines is 1. The Labute approximate surface area is 102 Å². The summed E-state index contributed by atoms with van der Waals surface area (Å²) in [6.07, 6.45) is 1.70. The van der Waals surface area contributed by atoms with E-state index in [2.05, 4.69) is 25.8 Å². The number of thiazole rings is 1. The van der Waals surface area contributed by atoms with E-state index in [1.54, 1.807) is 25.4 Å². The minimum Gasteiger partial charge on any atom is -0.372 e. The van der Waals surface area contributed by atoms with Gasteiger partial charge >= 0.3 is 0 Å². The lowest BCUT2D eigenvalue weighted by Crippen LogP contribution is -2.24. The third-order valence-corrected chi connectivity index (χ3v) is 2.82. The number of aromatic nitrogens is 3. The zero-order valence-electron chi connectivity index (χ0n) is 9.17. The minimum atomic E-state index is -0.254. The number of nitrogens with one attached hydrogen (secondary N) is 2. The second kappa shape index (κ2) is 5.35. The third-order valence-electron chi connectivity index (χ3n) is 2.04. The molecule has 0 fully saturated rings. The summed E-state index contributed by atoms with van der Waals surface area (Å²) in [5.41, 5.74) is 0.292. The zero-order valence-corrected chi connectivity index (χ0v) is 9.99. The van der Waals surface area contributed by atoms with E-state index in [4.69, 9.17) is 0 Å². The summed E-state index contributed by atoms with van der Waals surface area (Å²) >= 11 is 1.49. The summed E-state index contributed by atoms with van der Waals surface area (Å²) < 4.78 is 0. The molecule has 2 aromatic rings. The van der Waals surface area contributed by atoms with Crippen LogP contribution in [0.4, 0.5) is 5.82 Å². The first-order chi connectivity index (χ1) is 8.29. The summed E-state index contributed by atoms with van der Waals surface area (Å²) in [6.45, 7) is 0.409. The SMILES string of the molecule is CNc1ccc(C(=O)NCc2nccs2)nn1. The van der Waals surface area contributed by atoms with Gasteiger partial charge in [-0.3, -0.25) is 4.79 Å². The molecule has 0 aliphatic heterocycles. The van der Waals surface area contributed by atoms with E-state index in [9.17, 15) is 4.79 Å². The quantitative estimate of drug-likeness (QED) is 0.841. The molecule has 2 N–H and O–H groups in total. The maximum absolute atomic E-state index is 11.7. The molecule has 88 valence electrons. The molecular weight excluding hydrogens is 238 g/mol. The molecule has 0 atom stereocenters. The van der Waals surface area contributed by atoms with Gasteiger partial charge in [0, 0.05) is 18.6 Å². The number of amides is 1. The summed E-state index contributed by atoms with van der Waals surface area (Å²) in [7, 11) is 1.74. The standard InChI is InChI=1S/C10H11N5OS/c1-11-8-3-2-7(14-15-8)10(16)13-6-9-12-4-5-17-9/h2-5H,6H2,1H3,(H,11,15)(H,13,16). The molecule has 6 nitrogen and oxygen atoms in total. The van der Waals surface area contributed by atoms with Crippen molar-refractivity contribution in [3.63, 3.8) is 0 Å². The Morgan fingerprint density at radius 1 is 1.41 bits per heavy atom. The van der Waals surface area contributed by atoms with Crippen LogP contribution in [0.2, 0.25) is 0 Å². The molecule has 2 aromatic heterocycles. The number of rotatable bonds is 4. The lowest BCUT2D eigenvalue weighted by Gasteiger charge is -2.02. The van der Waals surface area contributed by atoms with Crippen LogP contribution >= 0.6 is 11.3 Å². The van der Waals surface area contributed by atoms with Gasteiger partial charge in [-0.1, -0.05) is 0 Å². The van der Waals surface area contributed by atoms with E-state index in [0.717, 1.165) is 5.01 Å². The third kappa shape index (κ3) is 2.97. The Balaban J connectivity index is 1.95. The Morgan fingerprint density at radius 3 is 2.88 bits per heavy atom. The van der Waals surface area contributed by atoms with Crippen molar-refractivity contribution in [3.8, 4) is 0 Å². The lowest BCUT2D eigenvalue weighted by atomic mass is 10.3. The van der Waals surface area contributed by atoms with Crippen LogP contribution in [0.3, 0.4) is 0 Å². The van der Waals surface area contributed by atoms with Crippen LogP contribution in [0.5, 0.6) is 0 Å². The highest BCUT2D eigenvalue weighted by molar-refractivity contribution is 7.09. The number of nitrogens with zero attached hydrogens (tertiary/aromatic N) is 3. The Kier molecular flexibility index (Phi) is 3.61. The zero-order chi connectivity index (χ0) is 12.1. The van der Waals surface area contributed by atoms with Crippen LogP contribution in [0, 0.1) is 0 Å². The number of hydrogen-bond acceptors (Lipinski definition) is 6. The van der Waals surface area contributed by atoms with Crippen molar-refractivity contribution < 1.29 is 4.79 Å². The van der Waals surface area contributed by atoms with Gasteiger partial charge in [-0.15, -0.1) is 21.5 Å². The van der Waals surface area contributed by atoms with Gasteiger partial charge in [-0.2, -0.15) is 0 Å². The van der Waals surface area contributed by atoms with Crippen molar-refractivity contribution in [1.29, 1.82) is 0 Å². The molecule has 1 amide bonds. The van der Waals surface area contributed by atoms with Gasteiger partial charge in [-0.05, 0) is 12.1 Å². The summed E-state index contributed by atoms with van der Waals surface area (Å²) in [6, 6.07) is 3.32. The fourth-order valence-corrected chi connectivity index (χ4v) is 1.73. The highest BCUT2D eigenvalue weighted by atomic mass is 32.1. The molecular formula is C10H11N5OS. The van der Waals surface area contributed by atoms with Crippen LogP contribution in [0.15, 0.2) is 23.7 Å². The molecule has 0 saturated heterocycles. The van der Waals surface area contributed by atoms with E-state index in [1.807, 2.05) is 5.38 Å². The Morgan fingerprint density at radius 2 is 2.29 bits per heavy atom. The molecule has 2 heterocycles. The lowest BCUT2D eigenvalue weighted by molar-refractivity contribution is 0.0945. The number of carbonyl (C=O) groups is 1. The van der Waals surface area contributed by atoms with E-state index >= 15 is 0 Å². The number of hydrogen-bond donors (Lipinski definition) is 2. The van der Waals surface area contributed by atoms with Gasteiger partial charge in [0.15, 0.2) is 5.69 Å². The van der Waals surface area contributed by atoms with E-state index in [1.165, 1.54) is 11.3 Å². The summed E-state index contributed by atoms with van der Waals surface area (Å²) in [5, 5.41) is 15.9. The first kappa shape index (κ1) is 11.5. The smallest absolute Gasteiger partial charge is 0.272 e. The van der Waals surface area contributed by atoms with Crippen LogP contribution in [0.25, 0.3) is 0 Å². The molecule has 0 aliphatic carbocycles. The van der Waals surface area contributed by atoms with Gasteiger partial charge < -0.3 is 10.6 Å². The first-order valence-electron chi connectivity index (χ1n) is 4.97. The van der Waals surface area contributed by atoms with Gasteiger partial charge in [0.1, 0.15) is 10.8 Å². The minimum absolute atomic E-state index is 0.254. The molecule has 0 saturated carbocycles. The van der Waals surface area contributed by atoms with Gasteiger partial charge in [0.25, 0.3) is 5.91 Å². The molecule has 0 spiro atoms. The maximum Gasteiger partial charge on any atom is 0.272 e. The van der Waals surface area contributed by atoms with Crippen molar-refractivity contribution in [2.24, 2.45) is 0 Å². The average Bonchev–Trinajstić information content (AvgIpc) is 2.89. The van der Waals surface area contributed by atoms with Crippen LogP contribution in [-0.4, -0.2) is 28.1 Å². The molecule has 0 aliphatic rings. The molecule has 0 bridgehead atoms. The highest BCUT2D eigenvalue weighted by Gasteiger charge is 2.08. The molecule has 0 radical (unpaired) electrons. The molecule has 2 rings (SSSR count). The summed E-state index contributed by atoms with van der Waals surface area (Å²) in [4.78, 5) is 15.7. The molecule has 0 unspecified atom stereocenters. The fraction of sp³-hybridized carbons (Fsp3) is 0.200. The van der Waals surface area contributed by atoms with Crippen LogP contribution in [0.1, 0.15) is 15.5 Å². The van der Waals surface area contributed by atoms with Gasteiger partial charge in [0.05, 0.1) is 6.54 Å². The average molecular weight is 249 g/mol. The second-order valence-electron chi connectivity index (χ2n) is 3.16. The van der Waals surface area contributed by atoms with E-state index in [-0.39, 0.29) is 5.91 Å². The van der Waals surface area contributed by atoms with Gasteiger partial charge in [0.2, 0.25) is 0 Å². The van der Waals surface area contributed by atoms with Crippen molar-refractivity contribution in [1.82, 2.24) is 20.5 Å². The normalized spacial score (nSPS) is 9.94. The maximum atomic E-state index is 11.7. The van der Waals surface area contributed by atoms with E-state index in [0.29, 0.717) is 18.1 Å². The summed E-state index contributed by atoms with van der Waals surface area (Å²) in [5.74, 6) is 0.372. The van der Waals surface area contributed by atoms with Crippen LogP contribution in [-0.2, 0) is 6.54 Å². The van der Waals surface area contributed by atoms with Crippen molar-refractivity contribution in [2.45, 2.75) is 6.54 Å². The van der Waals surface area contributed by atoms with Crippen molar-refractivity contribution >= 4 is 23.1 Å². The second-order valence-corrected chi connectivity index (χ2v) is 4.14. The molecule has 17 heavy (non-hydrogen) atoms. The topological polar surface area (TPSA) is 79.8 Å². The van der Waals surface area contributed by atoms with Gasteiger partial charge in [-0.25, -0.2) is 4.98 Å². The Bertz CT molecular complexity index is 482. The Hall–Kier alpha value is -2.02. The van der Waals surface area contributed by atoms with Crippen molar-refractivity contribution in [3.05, 3.63) is 34.4 Å². The van der Waals surface area contributed by atoms with Crippen molar-refractivity contribution in [2.75, 3.05) is 12.4 Å². The predicted molar refractivity (Wildman–Crippen MR) is 64.9 cm³/mol. The largest absolute Gasteiger partial charge is 0.372 e. The molecule has 7 heteroatoms. The monoisotopic (exact) mass is 249 g/mol. The first-order valence-corrected chi connectivity index (χ1v) is 5.85. The number of carbonyl (C=O) groups excluding carboxylic acids is 1. The predicted octanol–water partition coefficient (Wildman–Crippen LogP) is 0.905. The van der Waals surface area contributed by atoms with E-state index < -0.39 is 0 Å². The molecule has 0 aromatic carbocycles.